The molecule has 5 nitrogen and oxygen atoms in total. The zero-order valence-corrected chi connectivity index (χ0v) is 14.5. The van der Waals surface area contributed by atoms with E-state index in [4.69, 9.17) is 9.47 Å². The van der Waals surface area contributed by atoms with Gasteiger partial charge in [0.05, 0.1) is 14.2 Å². The van der Waals surface area contributed by atoms with Gasteiger partial charge in [-0.2, -0.15) is 0 Å². The van der Waals surface area contributed by atoms with Crippen LogP contribution in [0.25, 0.3) is 33.3 Å². The summed E-state index contributed by atoms with van der Waals surface area (Å²) in [6.45, 7) is 0. The van der Waals surface area contributed by atoms with Crippen LogP contribution >= 0.6 is 0 Å². The topological polar surface area (TPSA) is 67.4 Å². The van der Waals surface area contributed by atoms with Crippen LogP contribution in [-0.2, 0) is 0 Å². The molecule has 4 aromatic rings. The zero-order chi connectivity index (χ0) is 18.1. The number of phenolic OH excluding ortho intramolecular Hbond substituents is 1. The van der Waals surface area contributed by atoms with Crippen molar-refractivity contribution in [1.29, 1.82) is 0 Å². The number of hydrogen-bond donors (Lipinski definition) is 2. The summed E-state index contributed by atoms with van der Waals surface area (Å²) >= 11 is 0. The minimum Gasteiger partial charge on any atom is -0.508 e. The van der Waals surface area contributed by atoms with Gasteiger partial charge in [0.15, 0.2) is 11.5 Å². The summed E-state index contributed by atoms with van der Waals surface area (Å²) in [6, 6.07) is 15.0. The van der Waals surface area contributed by atoms with Crippen LogP contribution in [0.15, 0.2) is 60.9 Å². The molecule has 0 saturated carbocycles. The number of rotatable bonds is 4. The number of nitrogens with one attached hydrogen (secondary N) is 1. The van der Waals surface area contributed by atoms with Crippen LogP contribution in [0.2, 0.25) is 0 Å². The monoisotopic (exact) mass is 346 g/mol. The van der Waals surface area contributed by atoms with E-state index >= 15 is 0 Å². The third kappa shape index (κ3) is 2.73. The lowest BCUT2D eigenvalue weighted by Gasteiger charge is -2.09. The number of aromatic amines is 1. The number of ether oxygens (including phenoxy) is 2. The Hall–Kier alpha value is -3.47. The number of aromatic hydroxyl groups is 1. The molecule has 0 radical (unpaired) electrons. The van der Waals surface area contributed by atoms with E-state index < -0.39 is 0 Å². The molecule has 0 aliphatic heterocycles. The van der Waals surface area contributed by atoms with Gasteiger partial charge in [0.25, 0.3) is 0 Å². The van der Waals surface area contributed by atoms with Crippen molar-refractivity contribution < 1.29 is 14.6 Å². The van der Waals surface area contributed by atoms with Crippen molar-refractivity contribution in [3.63, 3.8) is 0 Å². The van der Waals surface area contributed by atoms with Crippen molar-refractivity contribution in [2.45, 2.75) is 0 Å². The number of pyridine rings is 1. The molecule has 2 N–H and O–H groups in total. The lowest BCUT2D eigenvalue weighted by atomic mass is 10.0. The van der Waals surface area contributed by atoms with E-state index in [9.17, 15) is 5.11 Å². The number of benzene rings is 2. The Morgan fingerprint density at radius 2 is 1.73 bits per heavy atom. The van der Waals surface area contributed by atoms with Gasteiger partial charge in [0.1, 0.15) is 11.4 Å². The molecular weight excluding hydrogens is 328 g/mol. The number of methoxy groups -OCH3 is 2. The molecule has 130 valence electrons. The molecule has 5 heteroatoms. The summed E-state index contributed by atoms with van der Waals surface area (Å²) in [6.07, 6.45) is 3.73. The summed E-state index contributed by atoms with van der Waals surface area (Å²) in [5.74, 6) is 1.60. The summed E-state index contributed by atoms with van der Waals surface area (Å²) in [5, 5.41) is 10.7. The lowest BCUT2D eigenvalue weighted by molar-refractivity contribution is 0.355. The second-order valence-electron chi connectivity index (χ2n) is 5.94. The van der Waals surface area contributed by atoms with Crippen molar-refractivity contribution in [2.75, 3.05) is 14.2 Å². The molecule has 0 amide bonds. The summed E-state index contributed by atoms with van der Waals surface area (Å²) in [4.78, 5) is 7.73. The molecule has 0 fully saturated rings. The van der Waals surface area contributed by atoms with Crippen molar-refractivity contribution in [3.8, 4) is 39.5 Å². The maximum absolute atomic E-state index is 9.73. The first-order valence-electron chi connectivity index (χ1n) is 8.18. The van der Waals surface area contributed by atoms with E-state index in [1.54, 1.807) is 32.5 Å². The SMILES string of the molecule is COc1ccc(-c2c[nH]c3ncc(-c4cccc(O)c4)cc23)cc1OC. The van der Waals surface area contributed by atoms with Gasteiger partial charge in [0.2, 0.25) is 0 Å². The van der Waals surface area contributed by atoms with E-state index in [-0.39, 0.29) is 5.75 Å². The van der Waals surface area contributed by atoms with Crippen LogP contribution in [0.5, 0.6) is 17.2 Å². The van der Waals surface area contributed by atoms with Gasteiger partial charge in [0, 0.05) is 28.9 Å². The number of aromatic nitrogens is 2. The number of phenols is 1. The lowest BCUT2D eigenvalue weighted by Crippen LogP contribution is -1.90. The van der Waals surface area contributed by atoms with E-state index in [0.29, 0.717) is 11.5 Å². The Labute approximate surface area is 150 Å². The van der Waals surface area contributed by atoms with Crippen LogP contribution in [0.4, 0.5) is 0 Å². The molecule has 0 atom stereocenters. The van der Waals surface area contributed by atoms with Gasteiger partial charge in [-0.3, -0.25) is 0 Å². The Morgan fingerprint density at radius 3 is 2.50 bits per heavy atom. The smallest absolute Gasteiger partial charge is 0.161 e. The van der Waals surface area contributed by atoms with Crippen LogP contribution in [-0.4, -0.2) is 29.3 Å². The van der Waals surface area contributed by atoms with Gasteiger partial charge in [-0.25, -0.2) is 4.98 Å². The second-order valence-corrected chi connectivity index (χ2v) is 5.94. The van der Waals surface area contributed by atoms with Crippen molar-refractivity contribution in [2.24, 2.45) is 0 Å². The molecule has 0 aliphatic rings. The fourth-order valence-corrected chi connectivity index (χ4v) is 3.09. The third-order valence-electron chi connectivity index (χ3n) is 4.41. The molecular formula is C21H18N2O3. The van der Waals surface area contributed by atoms with Gasteiger partial charge in [-0.05, 0) is 41.5 Å². The molecule has 0 saturated heterocycles. The maximum atomic E-state index is 9.73. The van der Waals surface area contributed by atoms with Gasteiger partial charge >= 0.3 is 0 Å². The predicted molar refractivity (Wildman–Crippen MR) is 102 cm³/mol. The Morgan fingerprint density at radius 1 is 0.885 bits per heavy atom. The van der Waals surface area contributed by atoms with E-state index in [0.717, 1.165) is 33.3 Å². The highest BCUT2D eigenvalue weighted by Gasteiger charge is 2.12. The van der Waals surface area contributed by atoms with E-state index in [2.05, 4.69) is 16.0 Å². The largest absolute Gasteiger partial charge is 0.508 e. The summed E-state index contributed by atoms with van der Waals surface area (Å²) in [7, 11) is 3.24. The highest BCUT2D eigenvalue weighted by Crippen LogP contribution is 2.36. The highest BCUT2D eigenvalue weighted by molar-refractivity contribution is 5.96. The number of hydrogen-bond acceptors (Lipinski definition) is 4. The Bertz CT molecular complexity index is 1090. The molecule has 0 bridgehead atoms. The molecule has 0 spiro atoms. The van der Waals surface area contributed by atoms with Crippen LogP contribution in [0.1, 0.15) is 0 Å². The van der Waals surface area contributed by atoms with Crippen molar-refractivity contribution in [1.82, 2.24) is 9.97 Å². The Balaban J connectivity index is 1.85. The fourth-order valence-electron chi connectivity index (χ4n) is 3.09. The van der Waals surface area contributed by atoms with E-state index in [1.807, 2.05) is 36.5 Å². The van der Waals surface area contributed by atoms with Crippen LogP contribution < -0.4 is 9.47 Å². The zero-order valence-electron chi connectivity index (χ0n) is 14.5. The fraction of sp³-hybridized carbons (Fsp3) is 0.0952. The number of nitrogens with zero attached hydrogens (tertiary/aromatic N) is 1. The minimum atomic E-state index is 0.233. The molecule has 2 heterocycles. The molecule has 26 heavy (non-hydrogen) atoms. The van der Waals surface area contributed by atoms with Gasteiger partial charge < -0.3 is 19.6 Å². The van der Waals surface area contributed by atoms with Crippen LogP contribution in [0.3, 0.4) is 0 Å². The Kier molecular flexibility index (Phi) is 3.97. The van der Waals surface area contributed by atoms with Crippen molar-refractivity contribution in [3.05, 3.63) is 60.9 Å². The minimum absolute atomic E-state index is 0.233. The second kappa shape index (κ2) is 6.44. The molecule has 2 aromatic carbocycles. The predicted octanol–water partition coefficient (Wildman–Crippen LogP) is 4.62. The first-order chi connectivity index (χ1) is 12.7. The number of fused-ring (bicyclic) bond motifs is 1. The first kappa shape index (κ1) is 16.0. The molecule has 4 rings (SSSR count). The normalized spacial score (nSPS) is 10.8. The highest BCUT2D eigenvalue weighted by atomic mass is 16.5. The summed E-state index contributed by atoms with van der Waals surface area (Å²) < 4.78 is 10.7. The third-order valence-corrected chi connectivity index (χ3v) is 4.41. The molecule has 2 aromatic heterocycles. The first-order valence-corrected chi connectivity index (χ1v) is 8.18. The molecule has 0 unspecified atom stereocenters. The van der Waals surface area contributed by atoms with Crippen LogP contribution in [0, 0.1) is 0 Å². The summed E-state index contributed by atoms with van der Waals surface area (Å²) in [5.41, 5.74) is 4.69. The van der Waals surface area contributed by atoms with Gasteiger partial charge in [-0.1, -0.05) is 18.2 Å². The average molecular weight is 346 g/mol. The average Bonchev–Trinajstić information content (AvgIpc) is 3.10. The maximum Gasteiger partial charge on any atom is 0.161 e. The van der Waals surface area contributed by atoms with Gasteiger partial charge in [-0.15, -0.1) is 0 Å². The number of H-pyrrole nitrogens is 1. The van der Waals surface area contributed by atoms with Crippen molar-refractivity contribution >= 4 is 11.0 Å². The standard InChI is InChI=1S/C21H18N2O3/c1-25-19-7-6-14(10-20(19)26-2)18-12-23-21-17(18)9-15(11-22-21)13-4-3-5-16(24)8-13/h3-12,24H,1-2H3,(H,22,23). The quantitative estimate of drug-likeness (QED) is 0.566. The van der Waals surface area contributed by atoms with E-state index in [1.165, 1.54) is 0 Å². The molecule has 0 aliphatic carbocycles.